The van der Waals surface area contributed by atoms with Gasteiger partial charge >= 0.3 is 0 Å². The molecule has 0 aliphatic carbocycles. The number of aromatic nitrogens is 2. The van der Waals surface area contributed by atoms with Gasteiger partial charge in [0.05, 0.1) is 22.2 Å². The summed E-state index contributed by atoms with van der Waals surface area (Å²) in [6, 6.07) is 4.63. The average molecular weight is 421 g/mol. The molecule has 0 radical (unpaired) electrons. The first-order chi connectivity index (χ1) is 13.8. The first kappa shape index (κ1) is 20.2. The molecule has 2 aliphatic heterocycles. The molecule has 0 bridgehead atoms. The van der Waals surface area contributed by atoms with E-state index in [0.717, 1.165) is 24.4 Å². The van der Waals surface area contributed by atoms with Crippen LogP contribution in [0.1, 0.15) is 49.8 Å². The fourth-order valence-corrected chi connectivity index (χ4v) is 5.77. The van der Waals surface area contributed by atoms with E-state index in [-0.39, 0.29) is 10.5 Å². The Morgan fingerprint density at radius 2 is 1.93 bits per heavy atom. The van der Waals surface area contributed by atoms with Gasteiger partial charge in [-0.15, -0.1) is 0 Å². The van der Waals surface area contributed by atoms with E-state index in [0.29, 0.717) is 49.8 Å². The molecule has 9 heteroatoms. The molecule has 1 N–H and O–H groups in total. The largest absolute Gasteiger partial charge is 0.309 e. The molecule has 0 spiro atoms. The van der Waals surface area contributed by atoms with Crippen LogP contribution in [0.15, 0.2) is 34.0 Å². The molecule has 1 saturated heterocycles. The molecule has 1 atom stereocenters. The second kappa shape index (κ2) is 7.62. The average Bonchev–Trinajstić information content (AvgIpc) is 3.19. The number of rotatable bonds is 4. The molecular formula is C20H25FN4O3S. The molecule has 0 amide bonds. The van der Waals surface area contributed by atoms with Gasteiger partial charge in [-0.3, -0.25) is 9.69 Å². The van der Waals surface area contributed by atoms with Crippen LogP contribution in [0.5, 0.6) is 0 Å². The van der Waals surface area contributed by atoms with Crippen LogP contribution in [0.4, 0.5) is 4.39 Å². The highest BCUT2D eigenvalue weighted by Crippen LogP contribution is 2.35. The summed E-state index contributed by atoms with van der Waals surface area (Å²) in [6.07, 6.45) is 1.93. The Hall–Kier alpha value is -2.10. The molecule has 29 heavy (non-hydrogen) atoms. The first-order valence-corrected chi connectivity index (χ1v) is 11.3. The van der Waals surface area contributed by atoms with Gasteiger partial charge in [0.25, 0.3) is 5.56 Å². The third-order valence-electron chi connectivity index (χ3n) is 5.79. The van der Waals surface area contributed by atoms with Crippen molar-refractivity contribution < 1.29 is 12.8 Å². The number of sulfonamides is 1. The third kappa shape index (κ3) is 3.74. The van der Waals surface area contributed by atoms with Crippen LogP contribution in [0.2, 0.25) is 0 Å². The zero-order chi connectivity index (χ0) is 20.8. The zero-order valence-corrected chi connectivity index (χ0v) is 17.4. The van der Waals surface area contributed by atoms with Gasteiger partial charge in [0.2, 0.25) is 10.0 Å². The number of hydrogen-bond acceptors (Lipinski definition) is 5. The number of nitrogens with zero attached hydrogens (tertiary/aromatic N) is 3. The monoisotopic (exact) mass is 420 g/mol. The van der Waals surface area contributed by atoms with Crippen molar-refractivity contribution in [2.24, 2.45) is 0 Å². The predicted octanol–water partition coefficient (Wildman–Crippen LogP) is 2.20. The van der Waals surface area contributed by atoms with Gasteiger partial charge in [-0.2, -0.15) is 4.31 Å². The molecule has 3 heterocycles. The van der Waals surface area contributed by atoms with Crippen molar-refractivity contribution in [3.8, 4) is 0 Å². The molecule has 0 saturated carbocycles. The van der Waals surface area contributed by atoms with Crippen molar-refractivity contribution >= 4 is 10.0 Å². The Balaban J connectivity index is 1.67. The zero-order valence-electron chi connectivity index (χ0n) is 16.6. The molecule has 1 aromatic heterocycles. The molecule has 7 nitrogen and oxygen atoms in total. The summed E-state index contributed by atoms with van der Waals surface area (Å²) in [7, 11) is -3.81. The van der Waals surface area contributed by atoms with Crippen molar-refractivity contribution in [1.82, 2.24) is 19.2 Å². The number of benzene rings is 1. The molecule has 1 fully saturated rings. The number of fused-ring (bicyclic) bond motifs is 1. The summed E-state index contributed by atoms with van der Waals surface area (Å²) in [5, 5.41) is 0. The van der Waals surface area contributed by atoms with Crippen molar-refractivity contribution in [1.29, 1.82) is 0 Å². The van der Waals surface area contributed by atoms with E-state index in [1.807, 2.05) is 0 Å². The number of aromatic amines is 1. The Morgan fingerprint density at radius 3 is 2.62 bits per heavy atom. The lowest BCUT2D eigenvalue weighted by atomic mass is 10.0. The maximum absolute atomic E-state index is 13.2. The minimum absolute atomic E-state index is 0.0404. The Labute approximate surface area is 169 Å². The highest BCUT2D eigenvalue weighted by Gasteiger charge is 2.38. The summed E-state index contributed by atoms with van der Waals surface area (Å²) >= 11 is 0. The van der Waals surface area contributed by atoms with Gasteiger partial charge in [0, 0.05) is 32.1 Å². The highest BCUT2D eigenvalue weighted by molar-refractivity contribution is 7.89. The van der Waals surface area contributed by atoms with Crippen LogP contribution in [-0.4, -0.2) is 46.7 Å². The number of H-pyrrole nitrogens is 1. The molecular weight excluding hydrogens is 395 g/mol. The Morgan fingerprint density at radius 1 is 1.21 bits per heavy atom. The quantitative estimate of drug-likeness (QED) is 0.820. The number of nitrogens with one attached hydrogen (secondary N) is 1. The first-order valence-electron chi connectivity index (χ1n) is 9.91. The van der Waals surface area contributed by atoms with E-state index in [1.165, 1.54) is 16.4 Å². The summed E-state index contributed by atoms with van der Waals surface area (Å²) in [4.78, 5) is 22.5. The molecule has 4 rings (SSSR count). The third-order valence-corrected chi connectivity index (χ3v) is 7.71. The molecule has 156 valence electrons. The molecule has 1 aromatic carbocycles. The van der Waals surface area contributed by atoms with Crippen molar-refractivity contribution in [3.63, 3.8) is 0 Å². The van der Waals surface area contributed by atoms with Gasteiger partial charge in [0.15, 0.2) is 0 Å². The van der Waals surface area contributed by atoms with Crippen molar-refractivity contribution in [3.05, 3.63) is 57.5 Å². The standard InChI is InChI=1S/C20H25FN4O3S/c1-13(2)24-11-9-17-16(12-24)20(26)23-19(22-17)18-4-3-10-25(18)29(27,28)15-7-5-14(21)6-8-15/h5-8,13,18H,3-4,9-12H2,1-2H3,(H,22,23,26)/t18-/m0/s1. The lowest BCUT2D eigenvalue weighted by Crippen LogP contribution is -2.40. The van der Waals surface area contributed by atoms with Gasteiger partial charge in [-0.1, -0.05) is 0 Å². The van der Waals surface area contributed by atoms with Crippen LogP contribution in [0.3, 0.4) is 0 Å². The van der Waals surface area contributed by atoms with Gasteiger partial charge in [-0.25, -0.2) is 17.8 Å². The van der Waals surface area contributed by atoms with Crippen LogP contribution in [-0.2, 0) is 23.0 Å². The van der Waals surface area contributed by atoms with E-state index in [4.69, 9.17) is 0 Å². The SMILES string of the molecule is CC(C)N1CCc2nc([C@@H]3CCCN3S(=O)(=O)c3ccc(F)cc3)[nH]c(=O)c2C1. The second-order valence-corrected chi connectivity index (χ2v) is 9.81. The fourth-order valence-electron chi connectivity index (χ4n) is 4.11. The highest BCUT2D eigenvalue weighted by atomic mass is 32.2. The predicted molar refractivity (Wildman–Crippen MR) is 106 cm³/mol. The van der Waals surface area contributed by atoms with Crippen molar-refractivity contribution in [2.45, 2.75) is 56.6 Å². The maximum Gasteiger partial charge on any atom is 0.255 e. The number of halogens is 1. The van der Waals surface area contributed by atoms with Crippen molar-refractivity contribution in [2.75, 3.05) is 13.1 Å². The second-order valence-electron chi connectivity index (χ2n) is 7.92. The normalized spacial score (nSPS) is 20.9. The smallest absolute Gasteiger partial charge is 0.255 e. The molecule has 2 aromatic rings. The van der Waals surface area contributed by atoms with E-state index in [2.05, 4.69) is 28.7 Å². The molecule has 2 aliphatic rings. The van der Waals surface area contributed by atoms with Crippen LogP contribution in [0.25, 0.3) is 0 Å². The van der Waals surface area contributed by atoms with Crippen LogP contribution >= 0.6 is 0 Å². The van der Waals surface area contributed by atoms with E-state index in [9.17, 15) is 17.6 Å². The summed E-state index contributed by atoms with van der Waals surface area (Å²) in [6.45, 7) is 5.91. The Kier molecular flexibility index (Phi) is 5.30. The fraction of sp³-hybridized carbons (Fsp3) is 0.500. The van der Waals surface area contributed by atoms with E-state index < -0.39 is 21.9 Å². The number of hydrogen-bond donors (Lipinski definition) is 1. The van der Waals surface area contributed by atoms with Gasteiger partial charge in [0.1, 0.15) is 11.6 Å². The maximum atomic E-state index is 13.2. The summed E-state index contributed by atoms with van der Waals surface area (Å²) in [5.41, 5.74) is 1.23. The van der Waals surface area contributed by atoms with Crippen LogP contribution in [0, 0.1) is 5.82 Å². The lowest BCUT2D eigenvalue weighted by Gasteiger charge is -2.31. The lowest BCUT2D eigenvalue weighted by molar-refractivity contribution is 0.200. The topological polar surface area (TPSA) is 86.4 Å². The minimum atomic E-state index is -3.81. The molecule has 0 unspecified atom stereocenters. The summed E-state index contributed by atoms with van der Waals surface area (Å²) in [5.74, 6) is -0.0898. The minimum Gasteiger partial charge on any atom is -0.309 e. The van der Waals surface area contributed by atoms with Gasteiger partial charge < -0.3 is 4.98 Å². The van der Waals surface area contributed by atoms with Crippen LogP contribution < -0.4 is 5.56 Å². The van der Waals surface area contributed by atoms with Gasteiger partial charge in [-0.05, 0) is 51.0 Å². The summed E-state index contributed by atoms with van der Waals surface area (Å²) < 4.78 is 40.8. The van der Waals surface area contributed by atoms with E-state index >= 15 is 0 Å². The van der Waals surface area contributed by atoms with E-state index in [1.54, 1.807) is 0 Å². The Bertz CT molecular complexity index is 1070.